The Kier molecular flexibility index (Phi) is 4.50. The topological polar surface area (TPSA) is 68.4 Å². The van der Waals surface area contributed by atoms with Gasteiger partial charge in [0.2, 0.25) is 11.8 Å². The second-order valence-corrected chi connectivity index (χ2v) is 5.26. The van der Waals surface area contributed by atoms with E-state index in [0.717, 1.165) is 18.6 Å². The zero-order valence-electron chi connectivity index (χ0n) is 12.0. The smallest absolute Gasteiger partial charge is 0.219 e. The summed E-state index contributed by atoms with van der Waals surface area (Å²) < 4.78 is 11.3. The van der Waals surface area contributed by atoms with Gasteiger partial charge < -0.3 is 14.3 Å². The van der Waals surface area contributed by atoms with E-state index in [1.807, 2.05) is 6.07 Å². The minimum Gasteiger partial charge on any atom is -0.493 e. The molecular weight excluding hydrogens is 268 g/mol. The first-order valence-electron chi connectivity index (χ1n) is 7.52. The number of benzene rings is 1. The maximum absolute atomic E-state index is 8.81. The van der Waals surface area contributed by atoms with Gasteiger partial charge in [0.25, 0.3) is 0 Å². The van der Waals surface area contributed by atoms with Crippen molar-refractivity contribution in [1.82, 2.24) is 10.2 Å². The Labute approximate surface area is 124 Å². The number of fused-ring (bicyclic) bond motifs is 1. The van der Waals surface area contributed by atoms with Crippen molar-refractivity contribution in [3.05, 3.63) is 41.1 Å². The summed E-state index contributed by atoms with van der Waals surface area (Å²) >= 11 is 0. The summed E-state index contributed by atoms with van der Waals surface area (Å²) in [6.45, 7) is 0.547. The number of hydrogen-bond donors (Lipinski definition) is 1. The fraction of sp³-hybridized carbons (Fsp3) is 0.500. The zero-order chi connectivity index (χ0) is 14.5. The third kappa shape index (κ3) is 3.42. The van der Waals surface area contributed by atoms with Gasteiger partial charge in [-0.25, -0.2) is 0 Å². The van der Waals surface area contributed by atoms with Crippen LogP contribution in [0.2, 0.25) is 0 Å². The predicted octanol–water partition coefficient (Wildman–Crippen LogP) is 2.10. The van der Waals surface area contributed by atoms with Crippen molar-refractivity contribution in [2.45, 2.75) is 38.5 Å². The summed E-state index contributed by atoms with van der Waals surface area (Å²) in [6.07, 6.45) is 5.75. The van der Waals surface area contributed by atoms with Crippen LogP contribution in [0, 0.1) is 0 Å². The van der Waals surface area contributed by atoms with Gasteiger partial charge in [0.15, 0.2) is 0 Å². The maximum atomic E-state index is 8.81. The number of aliphatic hydroxyl groups is 1. The van der Waals surface area contributed by atoms with Crippen molar-refractivity contribution in [1.29, 1.82) is 0 Å². The SMILES string of the molecule is OCCc1nnc(CCOc2cccc3c2CCCC3)o1. The Balaban J connectivity index is 1.57. The van der Waals surface area contributed by atoms with Crippen LogP contribution in [-0.4, -0.2) is 28.5 Å². The molecule has 2 aromatic rings. The molecule has 21 heavy (non-hydrogen) atoms. The first-order chi connectivity index (χ1) is 10.4. The molecule has 0 amide bonds. The number of ether oxygens (including phenoxy) is 1. The van der Waals surface area contributed by atoms with Gasteiger partial charge >= 0.3 is 0 Å². The molecule has 0 atom stereocenters. The lowest BCUT2D eigenvalue weighted by molar-refractivity contribution is 0.277. The van der Waals surface area contributed by atoms with Crippen molar-refractivity contribution < 1.29 is 14.3 Å². The van der Waals surface area contributed by atoms with Gasteiger partial charge in [-0.1, -0.05) is 12.1 Å². The van der Waals surface area contributed by atoms with E-state index in [-0.39, 0.29) is 6.61 Å². The first kappa shape index (κ1) is 14.1. The van der Waals surface area contributed by atoms with Gasteiger partial charge in [-0.2, -0.15) is 0 Å². The van der Waals surface area contributed by atoms with E-state index in [4.69, 9.17) is 14.3 Å². The minimum absolute atomic E-state index is 0.0221. The third-order valence-electron chi connectivity index (χ3n) is 3.76. The van der Waals surface area contributed by atoms with Crippen molar-refractivity contribution in [2.75, 3.05) is 13.2 Å². The summed E-state index contributed by atoms with van der Waals surface area (Å²) in [4.78, 5) is 0. The molecule has 1 N–H and O–H groups in total. The average molecular weight is 288 g/mol. The van der Waals surface area contributed by atoms with E-state index in [2.05, 4.69) is 22.3 Å². The average Bonchev–Trinajstić information content (AvgIpc) is 2.96. The van der Waals surface area contributed by atoms with E-state index in [9.17, 15) is 0 Å². The van der Waals surface area contributed by atoms with Gasteiger partial charge in [-0.05, 0) is 42.9 Å². The van der Waals surface area contributed by atoms with E-state index in [1.165, 1.54) is 24.0 Å². The van der Waals surface area contributed by atoms with Crippen molar-refractivity contribution in [2.24, 2.45) is 0 Å². The lowest BCUT2D eigenvalue weighted by Crippen LogP contribution is -2.08. The highest BCUT2D eigenvalue weighted by Crippen LogP contribution is 2.29. The van der Waals surface area contributed by atoms with Gasteiger partial charge in [-0.3, -0.25) is 0 Å². The molecule has 1 aliphatic carbocycles. The van der Waals surface area contributed by atoms with Crippen LogP contribution >= 0.6 is 0 Å². The lowest BCUT2D eigenvalue weighted by atomic mass is 9.91. The van der Waals surface area contributed by atoms with Gasteiger partial charge in [-0.15, -0.1) is 10.2 Å². The Morgan fingerprint density at radius 1 is 1.10 bits per heavy atom. The predicted molar refractivity (Wildman–Crippen MR) is 77.4 cm³/mol. The molecule has 0 unspecified atom stereocenters. The molecule has 5 nitrogen and oxygen atoms in total. The number of nitrogens with zero attached hydrogens (tertiary/aromatic N) is 2. The lowest BCUT2D eigenvalue weighted by Gasteiger charge is -2.19. The molecule has 5 heteroatoms. The molecule has 1 aliphatic rings. The Bertz CT molecular complexity index is 595. The zero-order valence-corrected chi connectivity index (χ0v) is 12.0. The monoisotopic (exact) mass is 288 g/mol. The Morgan fingerprint density at radius 2 is 1.90 bits per heavy atom. The first-order valence-corrected chi connectivity index (χ1v) is 7.52. The summed E-state index contributed by atoms with van der Waals surface area (Å²) in [7, 11) is 0. The molecule has 1 aromatic carbocycles. The fourth-order valence-electron chi connectivity index (χ4n) is 2.72. The second-order valence-electron chi connectivity index (χ2n) is 5.26. The number of aryl methyl sites for hydroxylation is 1. The van der Waals surface area contributed by atoms with E-state index in [1.54, 1.807) is 0 Å². The van der Waals surface area contributed by atoms with Crippen LogP contribution in [0.3, 0.4) is 0 Å². The molecule has 1 heterocycles. The largest absolute Gasteiger partial charge is 0.493 e. The fourth-order valence-corrected chi connectivity index (χ4v) is 2.72. The standard InChI is InChI=1S/C16H20N2O3/c19-10-8-15-17-18-16(21-15)9-11-20-14-7-3-5-12-4-1-2-6-13(12)14/h3,5,7,19H,1-2,4,6,8-11H2. The van der Waals surface area contributed by atoms with Crippen molar-refractivity contribution >= 4 is 0 Å². The second kappa shape index (κ2) is 6.72. The molecular formula is C16H20N2O3. The maximum Gasteiger partial charge on any atom is 0.219 e. The highest BCUT2D eigenvalue weighted by atomic mass is 16.5. The molecule has 0 bridgehead atoms. The Hall–Kier alpha value is -1.88. The quantitative estimate of drug-likeness (QED) is 0.881. The van der Waals surface area contributed by atoms with E-state index >= 15 is 0 Å². The minimum atomic E-state index is 0.0221. The summed E-state index contributed by atoms with van der Waals surface area (Å²) in [5.41, 5.74) is 2.78. The molecule has 0 radical (unpaired) electrons. The normalized spacial score (nSPS) is 14.0. The Morgan fingerprint density at radius 3 is 2.76 bits per heavy atom. The van der Waals surface area contributed by atoms with Crippen LogP contribution in [0.15, 0.2) is 22.6 Å². The van der Waals surface area contributed by atoms with Gasteiger partial charge in [0.1, 0.15) is 5.75 Å². The molecule has 0 fully saturated rings. The highest BCUT2D eigenvalue weighted by molar-refractivity contribution is 5.41. The van der Waals surface area contributed by atoms with Crippen LogP contribution in [-0.2, 0) is 25.7 Å². The van der Waals surface area contributed by atoms with Crippen LogP contribution in [0.5, 0.6) is 5.75 Å². The molecule has 1 aromatic heterocycles. The van der Waals surface area contributed by atoms with Crippen molar-refractivity contribution in [3.8, 4) is 5.75 Å². The summed E-state index contributed by atoms with van der Waals surface area (Å²) in [5, 5.41) is 16.6. The third-order valence-corrected chi connectivity index (χ3v) is 3.76. The summed E-state index contributed by atoms with van der Waals surface area (Å²) in [5.74, 6) is 2.02. The number of aromatic nitrogens is 2. The van der Waals surface area contributed by atoms with Crippen LogP contribution in [0.1, 0.15) is 35.7 Å². The van der Waals surface area contributed by atoms with E-state index < -0.39 is 0 Å². The molecule has 0 saturated carbocycles. The van der Waals surface area contributed by atoms with Gasteiger partial charge in [0, 0.05) is 6.42 Å². The number of rotatable bonds is 6. The molecule has 3 rings (SSSR count). The van der Waals surface area contributed by atoms with Crippen LogP contribution < -0.4 is 4.74 Å². The van der Waals surface area contributed by atoms with Crippen LogP contribution in [0.25, 0.3) is 0 Å². The number of aliphatic hydroxyl groups excluding tert-OH is 1. The van der Waals surface area contributed by atoms with Gasteiger partial charge in [0.05, 0.1) is 19.6 Å². The molecule has 112 valence electrons. The molecule has 0 aliphatic heterocycles. The molecule has 0 spiro atoms. The molecule has 0 saturated heterocycles. The van der Waals surface area contributed by atoms with Crippen molar-refractivity contribution in [3.63, 3.8) is 0 Å². The highest BCUT2D eigenvalue weighted by Gasteiger charge is 2.14. The van der Waals surface area contributed by atoms with Crippen LogP contribution in [0.4, 0.5) is 0 Å². The summed E-state index contributed by atoms with van der Waals surface area (Å²) in [6, 6.07) is 6.29. The number of hydrogen-bond acceptors (Lipinski definition) is 5. The van der Waals surface area contributed by atoms with E-state index in [0.29, 0.717) is 31.2 Å².